The first-order valence-corrected chi connectivity index (χ1v) is 6.62. The van der Waals surface area contributed by atoms with Crippen LogP contribution in [0.15, 0.2) is 6.07 Å². The van der Waals surface area contributed by atoms with E-state index in [1.807, 2.05) is 0 Å². The Labute approximate surface area is 107 Å². The molecule has 1 fully saturated rings. The number of hydrogen-bond acceptors (Lipinski definition) is 4. The fourth-order valence-corrected chi connectivity index (χ4v) is 2.57. The van der Waals surface area contributed by atoms with Gasteiger partial charge in [0.2, 0.25) is 5.95 Å². The predicted molar refractivity (Wildman–Crippen MR) is 71.3 cm³/mol. The predicted octanol–water partition coefficient (Wildman–Crippen LogP) is 2.73. The van der Waals surface area contributed by atoms with Gasteiger partial charge in [-0.2, -0.15) is 4.98 Å². The highest BCUT2D eigenvalue weighted by atomic mass is 35.5. The second-order valence-electron chi connectivity index (χ2n) is 4.60. The third-order valence-electron chi connectivity index (χ3n) is 3.45. The number of hydrogen-bond donors (Lipinski definition) is 1. The van der Waals surface area contributed by atoms with E-state index in [1.54, 1.807) is 6.07 Å². The van der Waals surface area contributed by atoms with Gasteiger partial charge in [0.25, 0.3) is 0 Å². The van der Waals surface area contributed by atoms with Crippen LogP contribution in [0.4, 0.5) is 11.8 Å². The first-order valence-electron chi connectivity index (χ1n) is 6.24. The zero-order chi connectivity index (χ0) is 12.3. The summed E-state index contributed by atoms with van der Waals surface area (Å²) in [6.07, 6.45) is 5.00. The van der Waals surface area contributed by atoms with Crippen molar-refractivity contribution >= 4 is 23.4 Å². The summed E-state index contributed by atoms with van der Waals surface area (Å²) < 4.78 is 0. The first kappa shape index (κ1) is 12.4. The fraction of sp³-hybridized carbons (Fsp3) is 0.667. The Morgan fingerprint density at radius 1 is 1.41 bits per heavy atom. The van der Waals surface area contributed by atoms with E-state index in [-0.39, 0.29) is 5.95 Å². The van der Waals surface area contributed by atoms with Crippen molar-refractivity contribution in [3.05, 3.63) is 11.2 Å². The number of nitrogens with zero attached hydrogens (tertiary/aromatic N) is 3. The molecule has 1 aliphatic heterocycles. The zero-order valence-corrected chi connectivity index (χ0v) is 11.0. The Morgan fingerprint density at radius 2 is 2.24 bits per heavy atom. The van der Waals surface area contributed by atoms with Crippen molar-refractivity contribution in [2.75, 3.05) is 23.7 Å². The Hall–Kier alpha value is -1.03. The van der Waals surface area contributed by atoms with Gasteiger partial charge in [0.05, 0.1) is 0 Å². The molecule has 0 saturated carbocycles. The molecule has 1 atom stereocenters. The summed E-state index contributed by atoms with van der Waals surface area (Å²) in [6, 6.07) is 1.80. The molecule has 1 aromatic heterocycles. The average molecular weight is 255 g/mol. The van der Waals surface area contributed by atoms with Crippen molar-refractivity contribution in [1.82, 2.24) is 9.97 Å². The second-order valence-corrected chi connectivity index (χ2v) is 4.99. The molecular weight excluding hydrogens is 236 g/mol. The zero-order valence-electron chi connectivity index (χ0n) is 10.2. The van der Waals surface area contributed by atoms with E-state index >= 15 is 0 Å². The highest BCUT2D eigenvalue weighted by Crippen LogP contribution is 2.24. The van der Waals surface area contributed by atoms with E-state index in [4.69, 9.17) is 17.3 Å². The third kappa shape index (κ3) is 3.22. The van der Waals surface area contributed by atoms with Crippen molar-refractivity contribution in [1.29, 1.82) is 0 Å². The van der Waals surface area contributed by atoms with Crippen LogP contribution in [0, 0.1) is 5.92 Å². The van der Waals surface area contributed by atoms with Gasteiger partial charge in [-0.25, -0.2) is 4.98 Å². The van der Waals surface area contributed by atoms with Gasteiger partial charge in [0.15, 0.2) is 0 Å². The maximum absolute atomic E-state index is 5.91. The molecule has 17 heavy (non-hydrogen) atoms. The number of nitrogens with two attached hydrogens (primary N) is 1. The molecular formula is C12H19ClN4. The Bertz CT molecular complexity index is 363. The summed E-state index contributed by atoms with van der Waals surface area (Å²) in [4.78, 5) is 10.4. The van der Waals surface area contributed by atoms with E-state index in [0.717, 1.165) is 24.8 Å². The fourth-order valence-electron chi connectivity index (χ4n) is 2.39. The smallest absolute Gasteiger partial charge is 0.223 e. The van der Waals surface area contributed by atoms with E-state index < -0.39 is 0 Å². The third-order valence-corrected chi connectivity index (χ3v) is 3.64. The Morgan fingerprint density at radius 3 is 2.94 bits per heavy atom. The van der Waals surface area contributed by atoms with Crippen LogP contribution in [0.25, 0.3) is 0 Å². The van der Waals surface area contributed by atoms with Gasteiger partial charge < -0.3 is 10.6 Å². The summed E-state index contributed by atoms with van der Waals surface area (Å²) >= 11 is 5.91. The maximum atomic E-state index is 5.91. The molecule has 1 saturated heterocycles. The SMILES string of the molecule is CCC1CCCN(c2cc(Cl)nc(N)n2)CC1. The molecule has 1 aliphatic rings. The normalized spacial score (nSPS) is 21.3. The molecule has 0 aromatic carbocycles. The minimum atomic E-state index is 0.254. The van der Waals surface area contributed by atoms with E-state index in [1.165, 1.54) is 25.7 Å². The van der Waals surface area contributed by atoms with Gasteiger partial charge in [0.1, 0.15) is 11.0 Å². The highest BCUT2D eigenvalue weighted by molar-refractivity contribution is 6.29. The topological polar surface area (TPSA) is 55.0 Å². The molecule has 0 aliphatic carbocycles. The van der Waals surface area contributed by atoms with Crippen LogP contribution < -0.4 is 10.6 Å². The van der Waals surface area contributed by atoms with Crippen LogP contribution in [0.2, 0.25) is 5.15 Å². The van der Waals surface area contributed by atoms with Crippen molar-refractivity contribution in [3.8, 4) is 0 Å². The van der Waals surface area contributed by atoms with Crippen molar-refractivity contribution < 1.29 is 0 Å². The number of halogens is 1. The molecule has 2 heterocycles. The molecule has 0 spiro atoms. The molecule has 2 rings (SSSR count). The van der Waals surface area contributed by atoms with Gasteiger partial charge in [-0.05, 0) is 25.2 Å². The molecule has 4 nitrogen and oxygen atoms in total. The van der Waals surface area contributed by atoms with Gasteiger partial charge in [-0.15, -0.1) is 0 Å². The van der Waals surface area contributed by atoms with Crippen molar-refractivity contribution in [2.45, 2.75) is 32.6 Å². The first-order chi connectivity index (χ1) is 8.19. The average Bonchev–Trinajstić information content (AvgIpc) is 2.52. The molecule has 1 unspecified atom stereocenters. The van der Waals surface area contributed by atoms with Gasteiger partial charge in [-0.1, -0.05) is 24.9 Å². The van der Waals surface area contributed by atoms with Crippen LogP contribution in [0.5, 0.6) is 0 Å². The van der Waals surface area contributed by atoms with Crippen LogP contribution in [-0.2, 0) is 0 Å². The standard InChI is InChI=1S/C12H19ClN4/c1-2-9-4-3-6-17(7-5-9)11-8-10(13)15-12(14)16-11/h8-9H,2-7H2,1H3,(H2,14,15,16). The van der Waals surface area contributed by atoms with Crippen LogP contribution in [-0.4, -0.2) is 23.1 Å². The molecule has 2 N–H and O–H groups in total. The molecule has 94 valence electrons. The summed E-state index contributed by atoms with van der Waals surface area (Å²) in [5.41, 5.74) is 5.63. The van der Waals surface area contributed by atoms with Crippen LogP contribution >= 0.6 is 11.6 Å². The Balaban J connectivity index is 2.11. The molecule has 1 aromatic rings. The van der Waals surface area contributed by atoms with Crippen LogP contribution in [0.3, 0.4) is 0 Å². The lowest BCUT2D eigenvalue weighted by molar-refractivity contribution is 0.459. The highest BCUT2D eigenvalue weighted by Gasteiger charge is 2.17. The van der Waals surface area contributed by atoms with E-state index in [0.29, 0.717) is 5.15 Å². The number of anilines is 2. The molecule has 0 amide bonds. The molecule has 0 radical (unpaired) electrons. The summed E-state index contributed by atoms with van der Waals surface area (Å²) in [7, 11) is 0. The second kappa shape index (κ2) is 5.54. The Kier molecular flexibility index (Phi) is 4.05. The minimum Gasteiger partial charge on any atom is -0.368 e. The van der Waals surface area contributed by atoms with Crippen molar-refractivity contribution in [3.63, 3.8) is 0 Å². The largest absolute Gasteiger partial charge is 0.368 e. The number of nitrogen functional groups attached to an aromatic ring is 1. The maximum Gasteiger partial charge on any atom is 0.223 e. The van der Waals surface area contributed by atoms with Gasteiger partial charge >= 0.3 is 0 Å². The molecule has 5 heteroatoms. The summed E-state index contributed by atoms with van der Waals surface area (Å²) in [5, 5.41) is 0.420. The van der Waals surface area contributed by atoms with E-state index in [2.05, 4.69) is 21.8 Å². The number of rotatable bonds is 2. The van der Waals surface area contributed by atoms with Gasteiger partial charge in [-0.3, -0.25) is 0 Å². The lowest BCUT2D eigenvalue weighted by Crippen LogP contribution is -2.25. The van der Waals surface area contributed by atoms with E-state index in [9.17, 15) is 0 Å². The summed E-state index contributed by atoms with van der Waals surface area (Å²) in [5.74, 6) is 1.96. The quantitative estimate of drug-likeness (QED) is 0.825. The summed E-state index contributed by atoms with van der Waals surface area (Å²) in [6.45, 7) is 4.33. The van der Waals surface area contributed by atoms with Crippen molar-refractivity contribution in [2.24, 2.45) is 5.92 Å². The van der Waals surface area contributed by atoms with Crippen LogP contribution in [0.1, 0.15) is 32.6 Å². The monoisotopic (exact) mass is 254 g/mol. The number of aromatic nitrogens is 2. The van der Waals surface area contributed by atoms with Gasteiger partial charge in [0, 0.05) is 19.2 Å². The molecule has 0 bridgehead atoms. The lowest BCUT2D eigenvalue weighted by atomic mass is 9.98. The lowest BCUT2D eigenvalue weighted by Gasteiger charge is -2.21. The minimum absolute atomic E-state index is 0.254.